The second-order valence-corrected chi connectivity index (χ2v) is 7.22. The third kappa shape index (κ3) is 4.47. The van der Waals surface area contributed by atoms with Crippen molar-refractivity contribution in [1.29, 1.82) is 0 Å². The standard InChI is InChI=1S/C18H27NO3/c1-18(2,3)16(19-17(20)21)14-10-7-11-15(14)22-12-13-8-5-4-6-9-13/h4-6,8-9,14-16,19H,7,10-12H2,1-3H3,(H,20,21)/t14-,15+,16?/m1/s1. The third-order valence-corrected chi connectivity index (χ3v) is 4.45. The molecule has 1 fully saturated rings. The molecule has 1 aromatic rings. The number of ether oxygens (including phenoxy) is 1. The van der Waals surface area contributed by atoms with Crippen molar-refractivity contribution in [2.45, 2.75) is 58.8 Å². The Morgan fingerprint density at radius 2 is 2.00 bits per heavy atom. The lowest BCUT2D eigenvalue weighted by Crippen LogP contribution is -2.50. The Morgan fingerprint density at radius 1 is 1.32 bits per heavy atom. The molecule has 4 heteroatoms. The molecular formula is C18H27NO3. The van der Waals surface area contributed by atoms with E-state index in [0.717, 1.165) is 24.8 Å². The molecule has 0 aromatic heterocycles. The number of nitrogens with one attached hydrogen (secondary N) is 1. The van der Waals surface area contributed by atoms with Gasteiger partial charge in [-0.1, -0.05) is 57.5 Å². The molecule has 2 N–H and O–H groups in total. The molecule has 122 valence electrons. The summed E-state index contributed by atoms with van der Waals surface area (Å²) in [7, 11) is 0. The van der Waals surface area contributed by atoms with Crippen LogP contribution in [0.5, 0.6) is 0 Å². The zero-order valence-electron chi connectivity index (χ0n) is 13.7. The minimum atomic E-state index is -0.950. The van der Waals surface area contributed by atoms with Gasteiger partial charge < -0.3 is 15.2 Å². The Morgan fingerprint density at radius 3 is 2.59 bits per heavy atom. The van der Waals surface area contributed by atoms with Crippen molar-refractivity contribution in [2.24, 2.45) is 11.3 Å². The number of carbonyl (C=O) groups is 1. The average Bonchev–Trinajstić information content (AvgIpc) is 2.90. The van der Waals surface area contributed by atoms with Crippen LogP contribution in [-0.4, -0.2) is 23.3 Å². The Labute approximate surface area is 132 Å². The normalized spacial score (nSPS) is 23.2. The van der Waals surface area contributed by atoms with Gasteiger partial charge in [0.05, 0.1) is 12.7 Å². The van der Waals surface area contributed by atoms with Gasteiger partial charge in [-0.2, -0.15) is 0 Å². The maximum absolute atomic E-state index is 11.1. The van der Waals surface area contributed by atoms with Crippen molar-refractivity contribution in [3.05, 3.63) is 35.9 Å². The molecule has 0 heterocycles. The van der Waals surface area contributed by atoms with Gasteiger partial charge >= 0.3 is 6.09 Å². The van der Waals surface area contributed by atoms with Crippen LogP contribution in [0.15, 0.2) is 30.3 Å². The molecule has 0 saturated heterocycles. The molecule has 3 atom stereocenters. The van der Waals surface area contributed by atoms with E-state index in [-0.39, 0.29) is 23.5 Å². The van der Waals surface area contributed by atoms with E-state index in [1.165, 1.54) is 0 Å². The molecule has 22 heavy (non-hydrogen) atoms. The quantitative estimate of drug-likeness (QED) is 0.862. The van der Waals surface area contributed by atoms with Crippen molar-refractivity contribution < 1.29 is 14.6 Å². The Bertz CT molecular complexity index is 481. The van der Waals surface area contributed by atoms with Crippen LogP contribution < -0.4 is 5.32 Å². The van der Waals surface area contributed by atoms with E-state index in [0.29, 0.717) is 6.61 Å². The number of carboxylic acid groups (broad SMARTS) is 1. The average molecular weight is 305 g/mol. The van der Waals surface area contributed by atoms with Gasteiger partial charge in [0, 0.05) is 12.0 Å². The maximum atomic E-state index is 11.1. The highest BCUT2D eigenvalue weighted by Crippen LogP contribution is 2.38. The lowest BCUT2D eigenvalue weighted by Gasteiger charge is -2.37. The molecule has 1 aromatic carbocycles. The van der Waals surface area contributed by atoms with Gasteiger partial charge in [0.1, 0.15) is 0 Å². The predicted molar refractivity (Wildman–Crippen MR) is 86.8 cm³/mol. The summed E-state index contributed by atoms with van der Waals surface area (Å²) < 4.78 is 6.13. The first kappa shape index (κ1) is 16.8. The topological polar surface area (TPSA) is 58.6 Å². The molecule has 4 nitrogen and oxygen atoms in total. The first-order chi connectivity index (χ1) is 10.4. The highest BCUT2D eigenvalue weighted by molar-refractivity contribution is 5.65. The summed E-state index contributed by atoms with van der Waals surface area (Å²) in [5, 5.41) is 11.9. The van der Waals surface area contributed by atoms with E-state index in [9.17, 15) is 4.79 Å². The second kappa shape index (κ2) is 7.14. The van der Waals surface area contributed by atoms with E-state index in [1.807, 2.05) is 18.2 Å². The molecule has 1 aliphatic carbocycles. The van der Waals surface area contributed by atoms with Gasteiger partial charge in [-0.25, -0.2) is 4.79 Å². The molecule has 0 aliphatic heterocycles. The van der Waals surface area contributed by atoms with Gasteiger partial charge in [0.15, 0.2) is 0 Å². The summed E-state index contributed by atoms with van der Waals surface area (Å²) in [6.07, 6.45) is 2.29. The number of rotatable bonds is 5. The van der Waals surface area contributed by atoms with E-state index in [4.69, 9.17) is 9.84 Å². The summed E-state index contributed by atoms with van der Waals surface area (Å²) in [6.45, 7) is 6.84. The fraction of sp³-hybridized carbons (Fsp3) is 0.611. The highest BCUT2D eigenvalue weighted by atomic mass is 16.5. The molecule has 1 unspecified atom stereocenters. The van der Waals surface area contributed by atoms with Gasteiger partial charge in [0.25, 0.3) is 0 Å². The number of hydrogen-bond acceptors (Lipinski definition) is 2. The van der Waals surface area contributed by atoms with Crippen LogP contribution in [0.4, 0.5) is 4.79 Å². The minimum absolute atomic E-state index is 0.0896. The first-order valence-corrected chi connectivity index (χ1v) is 8.03. The summed E-state index contributed by atoms with van der Waals surface area (Å²) >= 11 is 0. The van der Waals surface area contributed by atoms with E-state index >= 15 is 0 Å². The van der Waals surface area contributed by atoms with Crippen LogP contribution >= 0.6 is 0 Å². The number of hydrogen-bond donors (Lipinski definition) is 2. The van der Waals surface area contributed by atoms with Crippen LogP contribution in [0, 0.1) is 11.3 Å². The monoisotopic (exact) mass is 305 g/mol. The highest BCUT2D eigenvalue weighted by Gasteiger charge is 2.41. The summed E-state index contributed by atoms with van der Waals surface area (Å²) in [5.74, 6) is 0.236. The van der Waals surface area contributed by atoms with E-state index in [2.05, 4.69) is 38.2 Å². The van der Waals surface area contributed by atoms with Gasteiger partial charge in [-0.05, 0) is 23.8 Å². The fourth-order valence-corrected chi connectivity index (χ4v) is 3.42. The molecular weight excluding hydrogens is 278 g/mol. The lowest BCUT2D eigenvalue weighted by atomic mass is 9.77. The number of benzene rings is 1. The van der Waals surface area contributed by atoms with Crippen LogP contribution in [0.3, 0.4) is 0 Å². The van der Waals surface area contributed by atoms with Crippen molar-refractivity contribution in [3.63, 3.8) is 0 Å². The Kier molecular flexibility index (Phi) is 5.46. The zero-order chi connectivity index (χ0) is 16.2. The van der Waals surface area contributed by atoms with Gasteiger partial charge in [0.2, 0.25) is 0 Å². The minimum Gasteiger partial charge on any atom is -0.465 e. The van der Waals surface area contributed by atoms with Crippen molar-refractivity contribution in [2.75, 3.05) is 0 Å². The lowest BCUT2D eigenvalue weighted by molar-refractivity contribution is -0.00785. The molecule has 2 rings (SSSR count). The molecule has 1 amide bonds. The summed E-state index contributed by atoms with van der Waals surface area (Å²) in [4.78, 5) is 11.1. The fourth-order valence-electron chi connectivity index (χ4n) is 3.42. The SMILES string of the molecule is CC(C)(C)C(NC(=O)O)[C@@H]1CCC[C@@H]1OCc1ccccc1. The van der Waals surface area contributed by atoms with Crippen molar-refractivity contribution >= 4 is 6.09 Å². The summed E-state index contributed by atoms with van der Waals surface area (Å²) in [6, 6.07) is 10.0. The third-order valence-electron chi connectivity index (χ3n) is 4.45. The van der Waals surface area contributed by atoms with E-state index < -0.39 is 6.09 Å². The van der Waals surface area contributed by atoms with Crippen LogP contribution in [0.2, 0.25) is 0 Å². The maximum Gasteiger partial charge on any atom is 0.404 e. The Balaban J connectivity index is 2.03. The Hall–Kier alpha value is -1.55. The smallest absolute Gasteiger partial charge is 0.404 e. The summed E-state index contributed by atoms with van der Waals surface area (Å²) in [5.41, 5.74) is 1.04. The molecule has 0 radical (unpaired) electrons. The van der Waals surface area contributed by atoms with Crippen LogP contribution in [0.1, 0.15) is 45.6 Å². The van der Waals surface area contributed by atoms with Gasteiger partial charge in [-0.3, -0.25) is 0 Å². The van der Waals surface area contributed by atoms with Crippen molar-refractivity contribution in [3.8, 4) is 0 Å². The van der Waals surface area contributed by atoms with Crippen LogP contribution in [-0.2, 0) is 11.3 Å². The number of amides is 1. The van der Waals surface area contributed by atoms with Crippen LogP contribution in [0.25, 0.3) is 0 Å². The first-order valence-electron chi connectivity index (χ1n) is 8.03. The van der Waals surface area contributed by atoms with E-state index in [1.54, 1.807) is 0 Å². The largest absolute Gasteiger partial charge is 0.465 e. The predicted octanol–water partition coefficient (Wildman–Crippen LogP) is 4.05. The van der Waals surface area contributed by atoms with Gasteiger partial charge in [-0.15, -0.1) is 0 Å². The zero-order valence-corrected chi connectivity index (χ0v) is 13.7. The molecule has 0 spiro atoms. The molecule has 1 saturated carbocycles. The second-order valence-electron chi connectivity index (χ2n) is 7.22. The molecule has 0 bridgehead atoms. The van der Waals surface area contributed by atoms with Crippen molar-refractivity contribution in [1.82, 2.24) is 5.32 Å². The molecule has 1 aliphatic rings.